The van der Waals surface area contributed by atoms with Gasteiger partial charge in [0.25, 0.3) is 0 Å². The SMILES string of the molecule is CC/C=C\C/C=C\C/C=C\C/C=C\C/C=C\CCCCCC(=O)OCC(O)COP(=O)(O)OCC(O)COP(=O)(O)OCC(COC(=O)CCCCCCC/C=C\CCCCCCCC)OC(=O)CCCCCCCCCCCCCCC. The maximum absolute atomic E-state index is 12.9. The van der Waals surface area contributed by atoms with E-state index in [-0.39, 0.29) is 19.3 Å². The lowest BCUT2D eigenvalue weighted by molar-refractivity contribution is -0.161. The predicted molar refractivity (Wildman–Crippen MR) is 335 cm³/mol. The van der Waals surface area contributed by atoms with Gasteiger partial charge in [-0.15, -0.1) is 0 Å². The van der Waals surface area contributed by atoms with Gasteiger partial charge in [-0.25, -0.2) is 9.13 Å². The number of phosphoric ester groups is 2. The Morgan fingerprint density at radius 3 is 1.04 bits per heavy atom. The summed E-state index contributed by atoms with van der Waals surface area (Å²) in [6.45, 7) is 2.51. The third-order valence-electron chi connectivity index (χ3n) is 13.4. The predicted octanol–water partition coefficient (Wildman–Crippen LogP) is 17.2. The fraction of sp³-hybridized carbons (Fsp3) is 0.769. The standard InChI is InChI=1S/C65H116O16P2/c1-4-7-10-13-16-19-22-25-27-28-29-30-32-35-36-39-42-45-48-51-63(68)75-54-60(66)55-77-82(71,72)78-56-61(67)57-79-83(73,74)80-59-62(81-65(70)53-50-47-44-41-38-33-24-21-18-15-12-9-6-3)58-76-64(69)52-49-46-43-40-37-34-31-26-23-20-17-14-11-8-5-2/h7,10,16,19,25-27,29-31,35-36,60-62,66-67H,4-6,8-9,11-15,17-18,20-24,28,32-34,37-59H2,1-3H3,(H,71,72)(H,73,74)/b10-7-,19-16-,27-25-,30-29-,31-26-,36-35-. The summed E-state index contributed by atoms with van der Waals surface area (Å²) in [4.78, 5) is 58.2. The molecule has 0 fully saturated rings. The monoisotopic (exact) mass is 1210 g/mol. The van der Waals surface area contributed by atoms with Crippen molar-refractivity contribution in [1.29, 1.82) is 0 Å². The van der Waals surface area contributed by atoms with Gasteiger partial charge in [0.15, 0.2) is 6.10 Å². The van der Waals surface area contributed by atoms with Crippen molar-refractivity contribution < 1.29 is 75.8 Å². The van der Waals surface area contributed by atoms with Crippen LogP contribution in [0.1, 0.15) is 265 Å². The Hall–Kier alpha value is -3.01. The molecule has 0 aliphatic rings. The molecule has 0 saturated heterocycles. The van der Waals surface area contributed by atoms with E-state index in [1.807, 2.05) is 0 Å². The van der Waals surface area contributed by atoms with Crippen LogP contribution >= 0.6 is 15.6 Å². The number of ether oxygens (including phenoxy) is 3. The van der Waals surface area contributed by atoms with Gasteiger partial charge in [-0.2, -0.15) is 0 Å². The minimum absolute atomic E-state index is 0.107. The quantitative estimate of drug-likeness (QED) is 0.0146. The van der Waals surface area contributed by atoms with E-state index in [4.69, 9.17) is 32.3 Å². The summed E-state index contributed by atoms with van der Waals surface area (Å²) >= 11 is 0. The summed E-state index contributed by atoms with van der Waals surface area (Å²) in [6, 6.07) is 0. The van der Waals surface area contributed by atoms with Gasteiger partial charge in [0, 0.05) is 19.3 Å². The molecule has 0 radical (unpaired) electrons. The van der Waals surface area contributed by atoms with Crippen LogP contribution in [-0.2, 0) is 55.8 Å². The van der Waals surface area contributed by atoms with E-state index in [2.05, 4.69) is 93.7 Å². The fourth-order valence-corrected chi connectivity index (χ4v) is 10.1. The van der Waals surface area contributed by atoms with E-state index in [9.17, 15) is 43.5 Å². The van der Waals surface area contributed by atoms with Crippen LogP contribution in [0.4, 0.5) is 0 Å². The van der Waals surface area contributed by atoms with Gasteiger partial charge in [-0.1, -0.05) is 229 Å². The normalized spacial score (nSPS) is 14.8. The maximum atomic E-state index is 12.9. The second kappa shape index (κ2) is 59.3. The summed E-state index contributed by atoms with van der Waals surface area (Å²) in [5.74, 6) is -1.61. The number of rotatable bonds is 61. The highest BCUT2D eigenvalue weighted by Gasteiger charge is 2.29. The van der Waals surface area contributed by atoms with E-state index in [1.54, 1.807) is 0 Å². The highest BCUT2D eigenvalue weighted by molar-refractivity contribution is 7.47. The molecular weight excluding hydrogens is 1100 g/mol. The van der Waals surface area contributed by atoms with Crippen molar-refractivity contribution in [1.82, 2.24) is 0 Å². The minimum Gasteiger partial charge on any atom is -0.463 e. The number of esters is 3. The van der Waals surface area contributed by atoms with Gasteiger partial charge >= 0.3 is 33.6 Å². The van der Waals surface area contributed by atoms with Crippen LogP contribution in [0.3, 0.4) is 0 Å². The number of phosphoric acid groups is 2. The second-order valence-electron chi connectivity index (χ2n) is 21.5. The molecule has 83 heavy (non-hydrogen) atoms. The topological polar surface area (TPSA) is 231 Å². The molecule has 0 heterocycles. The first-order valence-corrected chi connectivity index (χ1v) is 35.2. The van der Waals surface area contributed by atoms with Crippen molar-refractivity contribution in [2.45, 2.75) is 283 Å². The maximum Gasteiger partial charge on any atom is 0.472 e. The number of carbonyl (C=O) groups excluding carboxylic acids is 3. The third kappa shape index (κ3) is 60.5. The third-order valence-corrected chi connectivity index (χ3v) is 15.3. The number of aliphatic hydroxyl groups excluding tert-OH is 2. The molecule has 0 bridgehead atoms. The molecule has 0 aromatic heterocycles. The molecule has 4 N–H and O–H groups in total. The Bertz CT molecular complexity index is 1820. The van der Waals surface area contributed by atoms with Gasteiger partial charge in [-0.3, -0.25) is 32.5 Å². The van der Waals surface area contributed by atoms with E-state index in [0.717, 1.165) is 116 Å². The van der Waals surface area contributed by atoms with Crippen molar-refractivity contribution in [3.63, 3.8) is 0 Å². The number of allylic oxidation sites excluding steroid dienone is 12. The molecule has 18 heteroatoms. The van der Waals surface area contributed by atoms with Gasteiger partial charge in [0.1, 0.15) is 25.4 Å². The molecule has 0 aliphatic carbocycles. The Balaban J connectivity index is 4.66. The Morgan fingerprint density at radius 1 is 0.349 bits per heavy atom. The van der Waals surface area contributed by atoms with Gasteiger partial charge < -0.3 is 34.2 Å². The zero-order valence-corrected chi connectivity index (χ0v) is 53.6. The van der Waals surface area contributed by atoms with Crippen molar-refractivity contribution in [3.05, 3.63) is 72.9 Å². The summed E-state index contributed by atoms with van der Waals surface area (Å²) in [7, 11) is -9.77. The summed E-state index contributed by atoms with van der Waals surface area (Å²) in [5.41, 5.74) is 0. The first-order chi connectivity index (χ1) is 40.2. The minimum atomic E-state index is -4.92. The Labute approximate surface area is 503 Å². The molecule has 0 saturated carbocycles. The number of carbonyl (C=O) groups is 3. The van der Waals surface area contributed by atoms with E-state index < -0.39 is 91.5 Å². The number of aliphatic hydroxyl groups is 2. The summed E-state index contributed by atoms with van der Waals surface area (Å²) in [5, 5.41) is 20.5. The lowest BCUT2D eigenvalue weighted by atomic mass is 10.0. The highest BCUT2D eigenvalue weighted by Crippen LogP contribution is 2.45. The lowest BCUT2D eigenvalue weighted by Gasteiger charge is -2.21. The molecular formula is C65H116O16P2. The van der Waals surface area contributed by atoms with Crippen LogP contribution in [0, 0.1) is 0 Å². The van der Waals surface area contributed by atoms with Crippen LogP contribution in [0.15, 0.2) is 72.9 Å². The van der Waals surface area contributed by atoms with Crippen molar-refractivity contribution >= 4 is 33.6 Å². The zero-order valence-electron chi connectivity index (χ0n) is 51.9. The van der Waals surface area contributed by atoms with E-state index in [0.29, 0.717) is 19.3 Å². The smallest absolute Gasteiger partial charge is 0.463 e. The molecule has 0 aromatic carbocycles. The van der Waals surface area contributed by atoms with E-state index >= 15 is 0 Å². The van der Waals surface area contributed by atoms with Crippen LogP contribution in [-0.4, -0.2) is 95.9 Å². The molecule has 0 amide bonds. The first kappa shape index (κ1) is 80.0. The molecule has 0 spiro atoms. The fourth-order valence-electron chi connectivity index (χ4n) is 8.47. The van der Waals surface area contributed by atoms with Crippen LogP contribution < -0.4 is 0 Å². The molecule has 482 valence electrons. The molecule has 0 aromatic rings. The number of unbranched alkanes of at least 4 members (excludes halogenated alkanes) is 26. The van der Waals surface area contributed by atoms with Crippen LogP contribution in [0.2, 0.25) is 0 Å². The van der Waals surface area contributed by atoms with Gasteiger partial charge in [0.2, 0.25) is 0 Å². The summed E-state index contributed by atoms with van der Waals surface area (Å²) in [6.07, 6.45) is 59.6. The molecule has 16 nitrogen and oxygen atoms in total. The zero-order chi connectivity index (χ0) is 61.0. The largest absolute Gasteiger partial charge is 0.472 e. The molecule has 5 unspecified atom stereocenters. The lowest BCUT2D eigenvalue weighted by Crippen LogP contribution is -2.30. The highest BCUT2D eigenvalue weighted by atomic mass is 31.2. The van der Waals surface area contributed by atoms with Gasteiger partial charge in [-0.05, 0) is 89.9 Å². The first-order valence-electron chi connectivity index (χ1n) is 32.2. The Kier molecular flexibility index (Phi) is 57.2. The van der Waals surface area contributed by atoms with Crippen LogP contribution in [0.25, 0.3) is 0 Å². The average Bonchev–Trinajstić information content (AvgIpc) is 3.46. The molecule has 5 atom stereocenters. The van der Waals surface area contributed by atoms with Crippen LogP contribution in [0.5, 0.6) is 0 Å². The second-order valence-corrected chi connectivity index (χ2v) is 24.4. The van der Waals surface area contributed by atoms with Crippen molar-refractivity contribution in [2.75, 3.05) is 39.6 Å². The van der Waals surface area contributed by atoms with E-state index in [1.165, 1.54) is 89.9 Å². The van der Waals surface area contributed by atoms with Crippen molar-refractivity contribution in [2.24, 2.45) is 0 Å². The van der Waals surface area contributed by atoms with Gasteiger partial charge in [0.05, 0.1) is 26.4 Å². The van der Waals surface area contributed by atoms with Crippen molar-refractivity contribution in [3.8, 4) is 0 Å². The number of hydrogen-bond acceptors (Lipinski definition) is 14. The number of hydrogen-bond donors (Lipinski definition) is 4. The Morgan fingerprint density at radius 2 is 0.639 bits per heavy atom. The summed E-state index contributed by atoms with van der Waals surface area (Å²) < 4.78 is 60.7. The molecule has 0 aliphatic heterocycles. The molecule has 0 rings (SSSR count). The average molecular weight is 1220 g/mol.